The second kappa shape index (κ2) is 6.54. The van der Waals surface area contributed by atoms with E-state index in [1.165, 1.54) is 24.3 Å². The van der Waals surface area contributed by atoms with Crippen LogP contribution in [0.15, 0.2) is 35.4 Å². The monoisotopic (exact) mass is 542 g/mol. The van der Waals surface area contributed by atoms with Crippen LogP contribution in [0.25, 0.3) is 11.5 Å². The number of carbonyl (C=O) groups excluding carboxylic acids is 4. The standard InChI is InChI=1S/C30H22O10/c1-7-3-9-13(11(31)5-7)21(33)17-25(37)20-23(35)15-16-24(36)19(29(15,17)27(9)39)26(38)18-22(34)14-10(28(40)30(16,18)20)4-8(2)6-12(14)32/h3-6,15-16,19-20,23-24,31-36H,1-2H3/t15-,16-,19-,20-,23-,24-,29+,30+/m1/s1. The molecule has 40 heavy (non-hydrogen) atoms. The number of ketones is 4. The average molecular weight is 542 g/mol. The summed E-state index contributed by atoms with van der Waals surface area (Å²) in [6.45, 7) is 3.19. The number of Topliss-reactive ketones (excluding diaryl/α,β-unsaturated/α-hetero) is 4. The van der Waals surface area contributed by atoms with E-state index in [2.05, 4.69) is 0 Å². The lowest BCUT2D eigenvalue weighted by molar-refractivity contribution is -0.142. The first kappa shape index (κ1) is 23.6. The molecule has 4 saturated carbocycles. The van der Waals surface area contributed by atoms with Crippen molar-refractivity contribution >= 4 is 34.7 Å². The molecule has 202 valence electrons. The average Bonchev–Trinajstić information content (AvgIpc) is 3.22. The number of carbonyl (C=O) groups is 4. The molecule has 8 atom stereocenters. The number of aliphatic hydroxyl groups is 4. The number of aryl methyl sites for hydroxylation is 2. The molecule has 0 heterocycles. The third-order valence-electron chi connectivity index (χ3n) is 10.4. The van der Waals surface area contributed by atoms with Crippen LogP contribution >= 0.6 is 0 Å². The summed E-state index contributed by atoms with van der Waals surface area (Å²) in [6.07, 6.45) is -3.37. The van der Waals surface area contributed by atoms with Crippen LogP contribution in [0, 0.1) is 48.3 Å². The van der Waals surface area contributed by atoms with Crippen molar-refractivity contribution in [2.45, 2.75) is 26.1 Å². The lowest BCUT2D eigenvalue weighted by Crippen LogP contribution is -2.65. The first-order chi connectivity index (χ1) is 18.8. The van der Waals surface area contributed by atoms with Crippen molar-refractivity contribution in [3.8, 4) is 11.5 Å². The molecule has 2 spiro atoms. The van der Waals surface area contributed by atoms with Crippen LogP contribution in [0.3, 0.4) is 0 Å². The molecule has 0 aromatic heterocycles. The maximum absolute atomic E-state index is 14.5. The van der Waals surface area contributed by atoms with Crippen molar-refractivity contribution in [2.24, 2.45) is 34.5 Å². The normalized spacial score (nSPS) is 38.1. The van der Waals surface area contributed by atoms with Gasteiger partial charge in [-0.05, 0) is 49.2 Å². The summed E-state index contributed by atoms with van der Waals surface area (Å²) >= 11 is 0. The van der Waals surface area contributed by atoms with Crippen molar-refractivity contribution in [1.82, 2.24) is 0 Å². The molecule has 0 aliphatic heterocycles. The first-order valence-corrected chi connectivity index (χ1v) is 12.9. The summed E-state index contributed by atoms with van der Waals surface area (Å²) in [7, 11) is 0. The number of rotatable bonds is 0. The highest BCUT2D eigenvalue weighted by molar-refractivity contribution is 6.30. The van der Waals surface area contributed by atoms with E-state index in [1.54, 1.807) is 13.8 Å². The molecule has 6 aliphatic carbocycles. The van der Waals surface area contributed by atoms with Crippen LogP contribution in [0.2, 0.25) is 0 Å². The lowest BCUT2D eigenvalue weighted by atomic mass is 9.46. The van der Waals surface area contributed by atoms with E-state index < -0.39 is 104 Å². The van der Waals surface area contributed by atoms with Crippen molar-refractivity contribution in [3.63, 3.8) is 0 Å². The van der Waals surface area contributed by atoms with E-state index in [0.29, 0.717) is 11.1 Å². The topological polar surface area (TPSA) is 190 Å². The third kappa shape index (κ3) is 1.96. The number of hydrogen-bond acceptors (Lipinski definition) is 10. The fraction of sp³-hybridized carbons (Fsp3) is 0.333. The second-order valence-electron chi connectivity index (χ2n) is 12.0. The number of fused-ring (bicyclic) bond motifs is 4. The summed E-state index contributed by atoms with van der Waals surface area (Å²) in [4.78, 5) is 57.9. The predicted molar refractivity (Wildman–Crippen MR) is 134 cm³/mol. The minimum Gasteiger partial charge on any atom is -0.507 e. The van der Waals surface area contributed by atoms with E-state index in [9.17, 15) is 49.8 Å². The third-order valence-corrected chi connectivity index (χ3v) is 10.4. The Kier molecular flexibility index (Phi) is 3.86. The molecule has 0 radical (unpaired) electrons. The van der Waals surface area contributed by atoms with Crippen LogP contribution in [0.1, 0.15) is 43.0 Å². The number of aliphatic hydroxyl groups excluding tert-OH is 4. The van der Waals surface area contributed by atoms with E-state index >= 15 is 0 Å². The van der Waals surface area contributed by atoms with Gasteiger partial charge >= 0.3 is 0 Å². The van der Waals surface area contributed by atoms with Crippen molar-refractivity contribution in [3.05, 3.63) is 68.8 Å². The fourth-order valence-corrected chi connectivity index (χ4v) is 9.51. The highest BCUT2D eigenvalue weighted by Gasteiger charge is 2.89. The molecule has 2 aromatic carbocycles. The van der Waals surface area contributed by atoms with E-state index in [4.69, 9.17) is 0 Å². The molecule has 0 saturated heterocycles. The molecule has 10 nitrogen and oxygen atoms in total. The molecular formula is C30H22O10. The summed E-state index contributed by atoms with van der Waals surface area (Å²) in [5, 5.41) is 67.8. The molecule has 0 amide bonds. The minimum absolute atomic E-state index is 0.185. The van der Waals surface area contributed by atoms with Gasteiger partial charge < -0.3 is 30.6 Å². The Balaban J connectivity index is 1.55. The Hall–Kier alpha value is -4.28. The molecule has 6 N–H and O–H groups in total. The largest absolute Gasteiger partial charge is 0.507 e. The van der Waals surface area contributed by atoms with Gasteiger partial charge in [-0.1, -0.05) is 0 Å². The number of hydrogen-bond donors (Lipinski definition) is 6. The maximum Gasteiger partial charge on any atom is 0.175 e. The Morgan fingerprint density at radius 3 is 1.30 bits per heavy atom. The molecule has 4 bridgehead atoms. The Morgan fingerprint density at radius 2 is 0.950 bits per heavy atom. The first-order valence-electron chi connectivity index (χ1n) is 12.9. The zero-order chi connectivity index (χ0) is 28.5. The predicted octanol–water partition coefficient (Wildman–Crippen LogP) is 1.70. The van der Waals surface area contributed by atoms with Crippen molar-refractivity contribution < 1.29 is 49.8 Å². The zero-order valence-electron chi connectivity index (χ0n) is 21.1. The number of phenols is 2. The highest BCUT2D eigenvalue weighted by atomic mass is 16.3. The summed E-state index contributed by atoms with van der Waals surface area (Å²) < 4.78 is 0. The van der Waals surface area contributed by atoms with Gasteiger partial charge in [-0.2, -0.15) is 0 Å². The van der Waals surface area contributed by atoms with Crippen LogP contribution in [0.4, 0.5) is 0 Å². The van der Waals surface area contributed by atoms with Crippen molar-refractivity contribution in [1.29, 1.82) is 0 Å². The smallest absolute Gasteiger partial charge is 0.175 e. The van der Waals surface area contributed by atoms with E-state index in [0.717, 1.165) is 0 Å². The van der Waals surface area contributed by atoms with Gasteiger partial charge in [0.25, 0.3) is 0 Å². The number of phenolic OH excluding ortho intramolecular Hbond substituents is 2. The van der Waals surface area contributed by atoms with Crippen LogP contribution in [-0.4, -0.2) is 66.0 Å². The van der Waals surface area contributed by atoms with E-state index in [-0.39, 0.29) is 22.3 Å². The molecule has 4 fully saturated rings. The molecule has 0 unspecified atom stereocenters. The maximum atomic E-state index is 14.5. The van der Waals surface area contributed by atoms with Gasteiger partial charge in [0, 0.05) is 23.0 Å². The Bertz CT molecular complexity index is 1680. The van der Waals surface area contributed by atoms with Gasteiger partial charge in [0.2, 0.25) is 0 Å². The second-order valence-corrected chi connectivity index (χ2v) is 12.0. The van der Waals surface area contributed by atoms with E-state index in [1.807, 2.05) is 0 Å². The lowest BCUT2D eigenvalue weighted by Gasteiger charge is -2.53. The number of benzene rings is 2. The van der Waals surface area contributed by atoms with Gasteiger partial charge in [-0.15, -0.1) is 0 Å². The fourth-order valence-electron chi connectivity index (χ4n) is 9.51. The van der Waals surface area contributed by atoms with Gasteiger partial charge in [0.15, 0.2) is 23.1 Å². The van der Waals surface area contributed by atoms with Crippen molar-refractivity contribution in [2.75, 3.05) is 0 Å². The van der Waals surface area contributed by atoms with Gasteiger partial charge in [0.1, 0.15) is 23.0 Å². The van der Waals surface area contributed by atoms with Crippen LogP contribution in [-0.2, 0) is 9.59 Å². The minimum atomic E-state index is -2.25. The number of allylic oxidation sites excluding steroid dienone is 2. The van der Waals surface area contributed by atoms with Gasteiger partial charge in [0.05, 0.1) is 57.1 Å². The molecule has 2 aromatic rings. The molecular weight excluding hydrogens is 520 g/mol. The molecule has 6 aliphatic rings. The molecule has 8 rings (SSSR count). The van der Waals surface area contributed by atoms with Gasteiger partial charge in [-0.3, -0.25) is 19.2 Å². The zero-order valence-corrected chi connectivity index (χ0v) is 21.1. The quantitative estimate of drug-likeness (QED) is 0.286. The molecule has 10 heteroatoms. The number of aromatic hydroxyl groups is 2. The summed E-state index contributed by atoms with van der Waals surface area (Å²) in [6, 6.07) is 5.37. The highest BCUT2D eigenvalue weighted by Crippen LogP contribution is 2.80. The summed E-state index contributed by atoms with van der Waals surface area (Å²) in [5.41, 5.74) is -5.58. The Labute approximate surface area is 225 Å². The Morgan fingerprint density at radius 1 is 0.600 bits per heavy atom. The SMILES string of the molecule is Cc1cc(O)c2c(c1)C(=O)[C@]13C(=C2O)C(=O)[C@H]2[C@H](O)[C@H]1[C@@H]1[C@@H](O)[C@@H]3C(=O)C3=C(O)c4c(O)cc(C)cc4C(=O)[C@]312. The van der Waals surface area contributed by atoms with Crippen LogP contribution in [0.5, 0.6) is 11.5 Å². The van der Waals surface area contributed by atoms with Crippen LogP contribution < -0.4 is 0 Å². The summed E-state index contributed by atoms with van der Waals surface area (Å²) in [5.74, 6) is -12.2. The van der Waals surface area contributed by atoms with Gasteiger partial charge in [-0.25, -0.2) is 0 Å².